The van der Waals surface area contributed by atoms with E-state index in [2.05, 4.69) is 43.8 Å². The summed E-state index contributed by atoms with van der Waals surface area (Å²) in [6.07, 6.45) is 5.72. The van der Waals surface area contributed by atoms with Crippen molar-refractivity contribution in [2.45, 2.75) is 92.3 Å². The Morgan fingerprint density at radius 3 is 2.30 bits per heavy atom. The molecule has 0 aliphatic rings. The predicted molar refractivity (Wildman–Crippen MR) is 187 cm³/mol. The lowest BCUT2D eigenvalue weighted by Gasteiger charge is -2.21. The highest BCUT2D eigenvalue weighted by atomic mass is 16.5. The quantitative estimate of drug-likeness (QED) is 0.101. The number of carbonyl (C=O) groups excluding carboxylic acids is 5. The van der Waals surface area contributed by atoms with Gasteiger partial charge in [0.05, 0.1) is 32.5 Å². The summed E-state index contributed by atoms with van der Waals surface area (Å²) in [5.41, 5.74) is 2.10. The molecule has 1 heterocycles. The van der Waals surface area contributed by atoms with Gasteiger partial charge in [0.2, 0.25) is 23.6 Å². The van der Waals surface area contributed by atoms with Crippen LogP contribution in [0.4, 0.5) is 16.2 Å². The summed E-state index contributed by atoms with van der Waals surface area (Å²) in [5, 5.41) is 21.1. The predicted octanol–water partition coefficient (Wildman–Crippen LogP) is 2.92. The highest BCUT2D eigenvalue weighted by Gasteiger charge is 2.24. The Balaban J connectivity index is 1.78. The first-order chi connectivity index (χ1) is 24.1. The van der Waals surface area contributed by atoms with Crippen LogP contribution in [0.3, 0.4) is 0 Å². The van der Waals surface area contributed by atoms with Crippen LogP contribution < -0.4 is 26.6 Å². The monoisotopic (exact) mass is 702 g/mol. The largest absolute Gasteiger partial charge is 0.443 e. The minimum atomic E-state index is -0.816. The molecular formula is C34H54N8O8. The summed E-state index contributed by atoms with van der Waals surface area (Å²) in [7, 11) is 0. The number of carbonyl (C=O) groups is 5. The molecule has 50 heavy (non-hydrogen) atoms. The van der Waals surface area contributed by atoms with Crippen molar-refractivity contribution in [1.82, 2.24) is 30.9 Å². The number of unbranched alkanes of at least 4 members (excludes halogenated alkanes) is 2. The van der Waals surface area contributed by atoms with Gasteiger partial charge in [0.25, 0.3) is 0 Å². The molecule has 0 aliphatic heterocycles. The SMILES string of the molecule is CCCCCOCCn1cc(COC(=O)NCC(=O)Nc2cc(NC(=O)CNC(=O)C(NC(=O)CCOCCC)C(C)C)ccc2CC)nn1. The Hall–Kier alpha value is -4.57. The second-order valence-electron chi connectivity index (χ2n) is 11.9. The summed E-state index contributed by atoms with van der Waals surface area (Å²) in [6.45, 7) is 11.4. The third-order valence-electron chi connectivity index (χ3n) is 7.25. The molecule has 1 aromatic heterocycles. The van der Waals surface area contributed by atoms with Gasteiger partial charge in [-0.1, -0.05) is 58.7 Å². The summed E-state index contributed by atoms with van der Waals surface area (Å²) >= 11 is 0. The molecule has 0 saturated heterocycles. The second kappa shape index (κ2) is 23.7. The van der Waals surface area contributed by atoms with E-state index in [1.165, 1.54) is 0 Å². The molecule has 5 N–H and O–H groups in total. The highest BCUT2D eigenvalue weighted by molar-refractivity contribution is 5.98. The summed E-state index contributed by atoms with van der Waals surface area (Å²) in [4.78, 5) is 62.5. The van der Waals surface area contributed by atoms with Gasteiger partial charge in [0, 0.05) is 31.0 Å². The smallest absolute Gasteiger partial charge is 0.407 e. The van der Waals surface area contributed by atoms with Crippen LogP contribution >= 0.6 is 0 Å². The zero-order chi connectivity index (χ0) is 36.7. The molecule has 0 radical (unpaired) electrons. The normalized spacial score (nSPS) is 11.5. The van der Waals surface area contributed by atoms with E-state index >= 15 is 0 Å². The van der Waals surface area contributed by atoms with Crippen LogP contribution in [0.15, 0.2) is 24.4 Å². The van der Waals surface area contributed by atoms with Crippen LogP contribution in [0.1, 0.15) is 78.0 Å². The van der Waals surface area contributed by atoms with Crippen molar-refractivity contribution in [2.75, 3.05) is 50.2 Å². The van der Waals surface area contributed by atoms with Crippen molar-refractivity contribution in [3.63, 3.8) is 0 Å². The number of aromatic nitrogens is 3. The molecule has 278 valence electrons. The van der Waals surface area contributed by atoms with Crippen molar-refractivity contribution in [3.8, 4) is 0 Å². The molecule has 1 unspecified atom stereocenters. The van der Waals surface area contributed by atoms with E-state index in [-0.39, 0.29) is 44.5 Å². The molecule has 0 fully saturated rings. The maximum Gasteiger partial charge on any atom is 0.407 e. The van der Waals surface area contributed by atoms with Gasteiger partial charge in [-0.25, -0.2) is 9.48 Å². The summed E-state index contributed by atoms with van der Waals surface area (Å²) in [5.74, 6) is -2.01. The van der Waals surface area contributed by atoms with Crippen molar-refractivity contribution in [1.29, 1.82) is 0 Å². The molecule has 0 saturated carbocycles. The average molecular weight is 703 g/mol. The number of aryl methyl sites for hydroxylation is 1. The van der Waals surface area contributed by atoms with E-state index in [0.717, 1.165) is 31.2 Å². The number of benzene rings is 1. The van der Waals surface area contributed by atoms with E-state index in [9.17, 15) is 24.0 Å². The third-order valence-corrected chi connectivity index (χ3v) is 7.25. The van der Waals surface area contributed by atoms with Gasteiger partial charge < -0.3 is 40.8 Å². The topological polar surface area (TPSA) is 204 Å². The van der Waals surface area contributed by atoms with E-state index in [1.807, 2.05) is 13.8 Å². The number of alkyl carbamates (subject to hydrolysis) is 1. The molecular weight excluding hydrogens is 648 g/mol. The number of anilines is 2. The first-order valence-corrected chi connectivity index (χ1v) is 17.3. The maximum atomic E-state index is 12.8. The number of hydrogen-bond donors (Lipinski definition) is 5. The molecule has 1 aromatic carbocycles. The third kappa shape index (κ3) is 16.7. The lowest BCUT2D eigenvalue weighted by Crippen LogP contribution is -2.51. The van der Waals surface area contributed by atoms with E-state index in [4.69, 9.17) is 14.2 Å². The first-order valence-electron chi connectivity index (χ1n) is 17.3. The Labute approximate surface area is 294 Å². The van der Waals surface area contributed by atoms with Gasteiger partial charge in [0.15, 0.2) is 0 Å². The number of nitrogens with zero attached hydrogens (tertiary/aromatic N) is 3. The second-order valence-corrected chi connectivity index (χ2v) is 11.9. The van der Waals surface area contributed by atoms with E-state index in [0.29, 0.717) is 49.9 Å². The minimum Gasteiger partial charge on any atom is -0.443 e. The lowest BCUT2D eigenvalue weighted by atomic mass is 10.0. The first kappa shape index (κ1) is 41.6. The lowest BCUT2D eigenvalue weighted by molar-refractivity contribution is -0.131. The van der Waals surface area contributed by atoms with Crippen molar-refractivity contribution < 1.29 is 38.2 Å². The van der Waals surface area contributed by atoms with Crippen LogP contribution in [0, 0.1) is 5.92 Å². The maximum absolute atomic E-state index is 12.8. The molecule has 0 aliphatic carbocycles. The van der Waals surface area contributed by atoms with Gasteiger partial charge in [-0.3, -0.25) is 19.2 Å². The zero-order valence-corrected chi connectivity index (χ0v) is 30.0. The van der Waals surface area contributed by atoms with Crippen LogP contribution in [0.2, 0.25) is 0 Å². The Morgan fingerprint density at radius 2 is 1.58 bits per heavy atom. The minimum absolute atomic E-state index is 0.117. The molecule has 2 aromatic rings. The van der Waals surface area contributed by atoms with Crippen molar-refractivity contribution >= 4 is 41.1 Å². The molecule has 5 amide bonds. The number of nitrogens with one attached hydrogen (secondary N) is 5. The fraction of sp³-hybridized carbons (Fsp3) is 0.618. The van der Waals surface area contributed by atoms with Crippen LogP contribution in [0.5, 0.6) is 0 Å². The fourth-order valence-electron chi connectivity index (χ4n) is 4.52. The summed E-state index contributed by atoms with van der Waals surface area (Å²) < 4.78 is 17.7. The number of rotatable bonds is 24. The van der Waals surface area contributed by atoms with E-state index < -0.39 is 29.9 Å². The van der Waals surface area contributed by atoms with Gasteiger partial charge in [-0.2, -0.15) is 0 Å². The fourth-order valence-corrected chi connectivity index (χ4v) is 4.52. The molecule has 16 heteroatoms. The zero-order valence-electron chi connectivity index (χ0n) is 30.0. The molecule has 2 rings (SSSR count). The van der Waals surface area contributed by atoms with Gasteiger partial charge >= 0.3 is 6.09 Å². The Kier molecular flexibility index (Phi) is 19.7. The van der Waals surface area contributed by atoms with Crippen molar-refractivity contribution in [2.24, 2.45) is 5.92 Å². The molecule has 1 atom stereocenters. The molecule has 16 nitrogen and oxygen atoms in total. The number of ether oxygens (including phenoxy) is 3. The van der Waals surface area contributed by atoms with Crippen molar-refractivity contribution in [3.05, 3.63) is 35.7 Å². The van der Waals surface area contributed by atoms with Gasteiger partial charge in [-0.05, 0) is 42.9 Å². The average Bonchev–Trinajstić information content (AvgIpc) is 3.55. The number of amides is 5. The molecule has 0 bridgehead atoms. The Morgan fingerprint density at radius 1 is 0.840 bits per heavy atom. The van der Waals surface area contributed by atoms with Gasteiger partial charge in [-0.15, -0.1) is 5.10 Å². The van der Waals surface area contributed by atoms with Crippen LogP contribution in [0.25, 0.3) is 0 Å². The highest BCUT2D eigenvalue weighted by Crippen LogP contribution is 2.21. The molecule has 0 spiro atoms. The Bertz CT molecular complexity index is 1370. The standard InChI is InChI=1S/C34H54N8O8/c1-6-9-10-16-49-18-14-42-22-27(40-41-42)23-50-34(47)36-21-31(45)38-28-19-26(12-11-25(28)8-3)37-30(44)20-35-33(46)32(24(4)5)39-29(43)13-17-48-15-7-2/h11-12,19,22,24,32H,6-10,13-18,20-21,23H2,1-5H3,(H,35,46)(H,36,47)(H,37,44)(H,38,45)(H,39,43). The van der Waals surface area contributed by atoms with Gasteiger partial charge in [0.1, 0.15) is 24.9 Å². The van der Waals surface area contributed by atoms with Crippen LogP contribution in [-0.2, 0) is 53.0 Å². The van der Waals surface area contributed by atoms with Crippen LogP contribution in [-0.4, -0.2) is 90.3 Å². The number of hydrogen-bond acceptors (Lipinski definition) is 10. The van der Waals surface area contributed by atoms with E-state index in [1.54, 1.807) is 42.9 Å². The summed E-state index contributed by atoms with van der Waals surface area (Å²) in [6, 6.07) is 4.21.